The van der Waals surface area contributed by atoms with Crippen LogP contribution in [0, 0.1) is 5.92 Å². The van der Waals surface area contributed by atoms with Gasteiger partial charge in [0, 0.05) is 34.8 Å². The third-order valence-electron chi connectivity index (χ3n) is 4.55. The predicted octanol–water partition coefficient (Wildman–Crippen LogP) is 3.03. The lowest BCUT2D eigenvalue weighted by Crippen LogP contribution is -2.38. The molecule has 0 saturated heterocycles. The molecule has 2 aromatic rings. The Bertz CT molecular complexity index is 660. The normalized spacial score (nSPS) is 21.9. The van der Waals surface area contributed by atoms with Crippen LogP contribution in [0.1, 0.15) is 31.2 Å². The average molecular weight is 321 g/mol. The van der Waals surface area contributed by atoms with Crippen LogP contribution in [-0.2, 0) is 11.2 Å². The van der Waals surface area contributed by atoms with Gasteiger partial charge in [0.25, 0.3) is 0 Å². The Morgan fingerprint density at radius 1 is 1.32 bits per heavy atom. The second-order valence-electron chi connectivity index (χ2n) is 6.15. The predicted molar refractivity (Wildman–Crippen MR) is 88.0 cm³/mol. The highest BCUT2D eigenvalue weighted by Gasteiger charge is 2.22. The Kier molecular flexibility index (Phi) is 4.69. The van der Waals surface area contributed by atoms with Crippen molar-refractivity contribution in [1.29, 1.82) is 0 Å². The third-order valence-corrected chi connectivity index (χ3v) is 4.79. The molecular formula is C17H21ClN2O2. The molecule has 4 nitrogen and oxygen atoms in total. The highest BCUT2D eigenvalue weighted by atomic mass is 35.5. The molecule has 0 aliphatic heterocycles. The highest BCUT2D eigenvalue weighted by molar-refractivity contribution is 6.31. The van der Waals surface area contributed by atoms with Crippen molar-refractivity contribution in [3.63, 3.8) is 0 Å². The van der Waals surface area contributed by atoms with Gasteiger partial charge in [-0.3, -0.25) is 4.79 Å². The second-order valence-corrected chi connectivity index (χ2v) is 6.58. The number of benzene rings is 1. The standard InChI is InChI=1S/C17H21ClN2O2/c18-13-3-6-15-12(9-19-16(15)8-13)7-17(22)20-14-4-1-11(10-21)2-5-14/h3,6,8-9,11,14,19,21H,1-2,4-5,7,10H2,(H,20,22). The molecule has 3 rings (SSSR count). The molecule has 1 amide bonds. The van der Waals surface area contributed by atoms with Gasteiger partial charge in [0.1, 0.15) is 0 Å². The Balaban J connectivity index is 1.59. The maximum atomic E-state index is 12.2. The summed E-state index contributed by atoms with van der Waals surface area (Å²) in [5.74, 6) is 0.467. The topological polar surface area (TPSA) is 65.1 Å². The van der Waals surface area contributed by atoms with Crippen molar-refractivity contribution in [3.05, 3.63) is 35.0 Å². The average Bonchev–Trinajstić information content (AvgIpc) is 2.90. The van der Waals surface area contributed by atoms with E-state index in [4.69, 9.17) is 16.7 Å². The Morgan fingerprint density at radius 2 is 2.09 bits per heavy atom. The zero-order valence-corrected chi connectivity index (χ0v) is 13.2. The summed E-state index contributed by atoms with van der Waals surface area (Å²) in [7, 11) is 0. The van der Waals surface area contributed by atoms with E-state index < -0.39 is 0 Å². The monoisotopic (exact) mass is 320 g/mol. The molecule has 1 aromatic carbocycles. The number of carbonyl (C=O) groups is 1. The number of hydrogen-bond acceptors (Lipinski definition) is 2. The molecular weight excluding hydrogens is 300 g/mol. The number of halogens is 1. The lowest BCUT2D eigenvalue weighted by Gasteiger charge is -2.27. The maximum Gasteiger partial charge on any atom is 0.224 e. The van der Waals surface area contributed by atoms with E-state index in [9.17, 15) is 4.79 Å². The molecule has 0 spiro atoms. The Labute approximate surface area is 134 Å². The summed E-state index contributed by atoms with van der Waals surface area (Å²) >= 11 is 5.97. The van der Waals surface area contributed by atoms with Gasteiger partial charge in [-0.25, -0.2) is 0 Å². The van der Waals surface area contributed by atoms with Crippen molar-refractivity contribution in [2.75, 3.05) is 6.61 Å². The van der Waals surface area contributed by atoms with Crippen molar-refractivity contribution in [2.24, 2.45) is 5.92 Å². The third kappa shape index (κ3) is 3.45. The van der Waals surface area contributed by atoms with Gasteiger partial charge in [-0.1, -0.05) is 17.7 Å². The van der Waals surface area contributed by atoms with Gasteiger partial charge in [0.15, 0.2) is 0 Å². The largest absolute Gasteiger partial charge is 0.396 e. The van der Waals surface area contributed by atoms with Crippen molar-refractivity contribution < 1.29 is 9.90 Å². The number of amides is 1. The number of fused-ring (bicyclic) bond motifs is 1. The first-order valence-corrected chi connectivity index (χ1v) is 8.19. The van der Waals surface area contributed by atoms with Crippen LogP contribution in [0.4, 0.5) is 0 Å². The van der Waals surface area contributed by atoms with Crippen molar-refractivity contribution in [3.8, 4) is 0 Å². The highest BCUT2D eigenvalue weighted by Crippen LogP contribution is 2.25. The van der Waals surface area contributed by atoms with Gasteiger partial charge < -0.3 is 15.4 Å². The smallest absolute Gasteiger partial charge is 0.224 e. The van der Waals surface area contributed by atoms with Gasteiger partial charge in [0.05, 0.1) is 6.42 Å². The minimum absolute atomic E-state index is 0.0586. The fourth-order valence-corrected chi connectivity index (χ4v) is 3.42. The van der Waals surface area contributed by atoms with Crippen LogP contribution in [0.15, 0.2) is 24.4 Å². The zero-order chi connectivity index (χ0) is 15.5. The summed E-state index contributed by atoms with van der Waals surface area (Å²) in [5, 5.41) is 14.0. The zero-order valence-electron chi connectivity index (χ0n) is 12.4. The summed E-state index contributed by atoms with van der Waals surface area (Å²) in [6, 6.07) is 5.91. The summed E-state index contributed by atoms with van der Waals surface area (Å²) in [5.41, 5.74) is 1.95. The second kappa shape index (κ2) is 6.71. The van der Waals surface area contributed by atoms with Crippen molar-refractivity contribution >= 4 is 28.4 Å². The first kappa shape index (κ1) is 15.4. The summed E-state index contributed by atoms with van der Waals surface area (Å²) in [4.78, 5) is 15.4. The van der Waals surface area contributed by atoms with E-state index in [1.165, 1.54) is 0 Å². The van der Waals surface area contributed by atoms with Crippen LogP contribution in [0.2, 0.25) is 5.02 Å². The minimum Gasteiger partial charge on any atom is -0.396 e. The minimum atomic E-state index is 0.0586. The van der Waals surface area contributed by atoms with Crippen molar-refractivity contribution in [2.45, 2.75) is 38.1 Å². The molecule has 1 aliphatic carbocycles. The summed E-state index contributed by atoms with van der Waals surface area (Å²) in [6.45, 7) is 0.262. The number of nitrogens with one attached hydrogen (secondary N) is 2. The van der Waals surface area contributed by atoms with E-state index in [1.807, 2.05) is 24.4 Å². The molecule has 1 heterocycles. The summed E-state index contributed by atoms with van der Waals surface area (Å²) in [6.07, 6.45) is 6.16. The molecule has 0 atom stereocenters. The number of H-pyrrole nitrogens is 1. The number of aliphatic hydroxyl groups is 1. The number of aromatic nitrogens is 1. The molecule has 1 saturated carbocycles. The van der Waals surface area contributed by atoms with Crippen LogP contribution in [0.3, 0.4) is 0 Å². The van der Waals surface area contributed by atoms with E-state index >= 15 is 0 Å². The van der Waals surface area contributed by atoms with Gasteiger partial charge in [-0.05, 0) is 49.3 Å². The molecule has 118 valence electrons. The molecule has 5 heteroatoms. The number of rotatable bonds is 4. The van der Waals surface area contributed by atoms with Crippen LogP contribution in [-0.4, -0.2) is 28.6 Å². The van der Waals surface area contributed by atoms with E-state index in [2.05, 4.69) is 10.3 Å². The molecule has 0 unspecified atom stereocenters. The fraction of sp³-hybridized carbons (Fsp3) is 0.471. The number of aromatic amines is 1. The van der Waals surface area contributed by atoms with Crippen molar-refractivity contribution in [1.82, 2.24) is 10.3 Å². The quantitative estimate of drug-likeness (QED) is 0.810. The lowest BCUT2D eigenvalue weighted by atomic mass is 9.86. The van der Waals surface area contributed by atoms with E-state index in [0.717, 1.165) is 42.1 Å². The molecule has 1 fully saturated rings. The lowest BCUT2D eigenvalue weighted by molar-refractivity contribution is -0.121. The van der Waals surface area contributed by atoms with E-state index in [-0.39, 0.29) is 18.6 Å². The Hall–Kier alpha value is -1.52. The molecule has 22 heavy (non-hydrogen) atoms. The first-order chi connectivity index (χ1) is 10.7. The summed E-state index contributed by atoms with van der Waals surface area (Å²) < 4.78 is 0. The van der Waals surface area contributed by atoms with Gasteiger partial charge >= 0.3 is 0 Å². The van der Waals surface area contributed by atoms with Gasteiger partial charge in [-0.2, -0.15) is 0 Å². The molecule has 3 N–H and O–H groups in total. The molecule has 0 radical (unpaired) electrons. The maximum absolute atomic E-state index is 12.2. The van der Waals surface area contributed by atoms with E-state index in [1.54, 1.807) is 0 Å². The number of hydrogen-bond donors (Lipinski definition) is 3. The number of carbonyl (C=O) groups excluding carboxylic acids is 1. The first-order valence-electron chi connectivity index (χ1n) is 7.81. The molecule has 1 aromatic heterocycles. The van der Waals surface area contributed by atoms with Crippen LogP contribution in [0.25, 0.3) is 10.9 Å². The number of aliphatic hydroxyl groups excluding tert-OH is 1. The van der Waals surface area contributed by atoms with Gasteiger partial charge in [0.2, 0.25) is 5.91 Å². The van der Waals surface area contributed by atoms with E-state index in [0.29, 0.717) is 17.4 Å². The molecule has 0 bridgehead atoms. The van der Waals surface area contributed by atoms with Crippen LogP contribution in [0.5, 0.6) is 0 Å². The molecule has 1 aliphatic rings. The van der Waals surface area contributed by atoms with Crippen LogP contribution >= 0.6 is 11.6 Å². The fourth-order valence-electron chi connectivity index (χ4n) is 3.25. The SMILES string of the molecule is O=C(Cc1c[nH]c2cc(Cl)ccc12)NC1CCC(CO)CC1. The van der Waals surface area contributed by atoms with Crippen LogP contribution < -0.4 is 5.32 Å². The van der Waals surface area contributed by atoms with Gasteiger partial charge in [-0.15, -0.1) is 0 Å². The Morgan fingerprint density at radius 3 is 2.82 bits per heavy atom.